The maximum absolute atomic E-state index is 12.9. The predicted molar refractivity (Wildman–Crippen MR) is 101 cm³/mol. The van der Waals surface area contributed by atoms with E-state index in [0.717, 1.165) is 0 Å². The van der Waals surface area contributed by atoms with Crippen molar-refractivity contribution in [3.63, 3.8) is 0 Å². The summed E-state index contributed by atoms with van der Waals surface area (Å²) in [5, 5.41) is 0. The fourth-order valence-corrected chi connectivity index (χ4v) is 4.82. The summed E-state index contributed by atoms with van der Waals surface area (Å²) in [4.78, 5) is 24.5. The Morgan fingerprint density at radius 1 is 1.21 bits per heavy atom. The van der Waals surface area contributed by atoms with Crippen molar-refractivity contribution in [2.45, 2.75) is 53.6 Å². The van der Waals surface area contributed by atoms with Crippen molar-refractivity contribution in [2.75, 3.05) is 19.8 Å². The van der Waals surface area contributed by atoms with Crippen molar-refractivity contribution < 1.29 is 37.2 Å². The number of esters is 2. The van der Waals surface area contributed by atoms with Gasteiger partial charge in [0.25, 0.3) is 0 Å². The molecule has 1 aliphatic heterocycles. The van der Waals surface area contributed by atoms with Crippen molar-refractivity contribution in [2.24, 2.45) is 11.3 Å². The summed E-state index contributed by atoms with van der Waals surface area (Å²) in [6.45, 7) is 9.42. The molecule has 0 amide bonds. The molecule has 0 saturated carbocycles. The van der Waals surface area contributed by atoms with Gasteiger partial charge in [-0.25, -0.2) is 14.2 Å². The Hall–Kier alpha value is -1.63. The Morgan fingerprint density at radius 3 is 2.36 bits per heavy atom. The average molecular weight is 416 g/mol. The Labute approximate surface area is 165 Å². The van der Waals surface area contributed by atoms with Crippen LogP contribution in [0.3, 0.4) is 0 Å². The van der Waals surface area contributed by atoms with Gasteiger partial charge in [0.15, 0.2) is 0 Å². The number of ether oxygens (including phenoxy) is 2. The molecule has 158 valence electrons. The molecule has 2 atom stereocenters. The zero-order chi connectivity index (χ0) is 20.9. The van der Waals surface area contributed by atoms with Gasteiger partial charge in [-0.3, -0.25) is 9.05 Å². The van der Waals surface area contributed by atoms with Crippen molar-refractivity contribution in [3.8, 4) is 0 Å². The molecule has 1 heterocycles. The van der Waals surface area contributed by atoms with Crippen LogP contribution in [0.25, 0.3) is 0 Å². The van der Waals surface area contributed by atoms with Crippen molar-refractivity contribution in [1.82, 2.24) is 0 Å². The fourth-order valence-electron chi connectivity index (χ4n) is 3.55. The number of cyclic esters (lactones) is 1. The number of allylic oxidation sites excluding steroid dienone is 1. The predicted octanol–water partition coefficient (Wildman–Crippen LogP) is 3.92. The molecule has 0 saturated heterocycles. The van der Waals surface area contributed by atoms with Crippen molar-refractivity contribution >= 4 is 19.8 Å². The van der Waals surface area contributed by atoms with Gasteiger partial charge in [0.1, 0.15) is 11.9 Å². The summed E-state index contributed by atoms with van der Waals surface area (Å²) in [7, 11) is -3.89. The van der Waals surface area contributed by atoms with Crippen LogP contribution < -0.4 is 0 Å². The number of hydrogen-bond acceptors (Lipinski definition) is 8. The lowest BCUT2D eigenvalue weighted by Crippen LogP contribution is -2.41. The monoisotopic (exact) mass is 416 g/mol. The molecule has 0 bridgehead atoms. The third-order valence-corrected chi connectivity index (χ3v) is 6.34. The van der Waals surface area contributed by atoms with Gasteiger partial charge in [0.05, 0.1) is 25.4 Å². The third-order valence-electron chi connectivity index (χ3n) is 4.74. The maximum atomic E-state index is 12.9. The summed E-state index contributed by atoms with van der Waals surface area (Å²) in [6, 6.07) is 0. The molecule has 2 rings (SSSR count). The van der Waals surface area contributed by atoms with Crippen LogP contribution in [-0.4, -0.2) is 37.9 Å². The van der Waals surface area contributed by atoms with Gasteiger partial charge < -0.3 is 14.0 Å². The van der Waals surface area contributed by atoms with Crippen LogP contribution in [-0.2, 0) is 37.2 Å². The number of rotatable bonds is 9. The van der Waals surface area contributed by atoms with Crippen LogP contribution in [0, 0.1) is 11.3 Å². The first-order chi connectivity index (χ1) is 13.2. The summed E-state index contributed by atoms with van der Waals surface area (Å²) in [5.41, 5.74) is -0.183. The maximum Gasteiger partial charge on any atom is 0.529 e. The van der Waals surface area contributed by atoms with E-state index in [-0.39, 0.29) is 31.2 Å². The van der Waals surface area contributed by atoms with Gasteiger partial charge in [-0.05, 0) is 38.7 Å². The van der Waals surface area contributed by atoms with Crippen molar-refractivity contribution in [3.05, 3.63) is 23.5 Å². The molecule has 1 aliphatic carbocycles. The zero-order valence-electron chi connectivity index (χ0n) is 17.1. The van der Waals surface area contributed by atoms with E-state index in [1.54, 1.807) is 26.8 Å². The Kier molecular flexibility index (Phi) is 7.48. The quantitative estimate of drug-likeness (QED) is 0.412. The minimum Gasteiger partial charge on any atom is -0.463 e. The molecule has 0 radical (unpaired) electrons. The standard InChI is InChI=1S/C19H29O8P/c1-6-23-18(21)16-13(27-28(22,24-7-2)25-8-3)11-12-19(4,5)17(16)14-9-10-15(20)26-14/h9-10,14,17H,6-8,11-12H2,1-5H3. The molecule has 0 N–H and O–H groups in total. The number of carbonyl (C=O) groups is 2. The first-order valence-electron chi connectivity index (χ1n) is 9.55. The molecule has 0 fully saturated rings. The van der Waals surface area contributed by atoms with E-state index >= 15 is 0 Å². The smallest absolute Gasteiger partial charge is 0.463 e. The van der Waals surface area contributed by atoms with Crippen LogP contribution >= 0.6 is 7.82 Å². The van der Waals surface area contributed by atoms with Gasteiger partial charge in [-0.1, -0.05) is 13.8 Å². The zero-order valence-corrected chi connectivity index (χ0v) is 18.0. The molecular formula is C19H29O8P. The fraction of sp³-hybridized carbons (Fsp3) is 0.684. The highest BCUT2D eigenvalue weighted by Crippen LogP contribution is 2.56. The number of carbonyl (C=O) groups excluding carboxylic acids is 2. The van der Waals surface area contributed by atoms with Crippen molar-refractivity contribution in [1.29, 1.82) is 0 Å². The highest BCUT2D eigenvalue weighted by molar-refractivity contribution is 7.48. The van der Waals surface area contributed by atoms with E-state index in [9.17, 15) is 14.2 Å². The molecule has 2 unspecified atom stereocenters. The third kappa shape index (κ3) is 5.04. The van der Waals surface area contributed by atoms with E-state index < -0.39 is 37.2 Å². The molecule has 28 heavy (non-hydrogen) atoms. The first-order valence-corrected chi connectivity index (χ1v) is 11.0. The minimum absolute atomic E-state index is 0.122. The normalized spacial score (nSPS) is 24.2. The van der Waals surface area contributed by atoms with Gasteiger partial charge in [0.2, 0.25) is 0 Å². The molecular weight excluding hydrogens is 387 g/mol. The van der Waals surface area contributed by atoms with Gasteiger partial charge in [-0.2, -0.15) is 0 Å². The average Bonchev–Trinajstić information content (AvgIpc) is 3.02. The van der Waals surface area contributed by atoms with Gasteiger partial charge in [-0.15, -0.1) is 0 Å². The second-order valence-corrected chi connectivity index (χ2v) is 8.75. The summed E-state index contributed by atoms with van der Waals surface area (Å²) >= 11 is 0. The Balaban J connectivity index is 2.52. The molecule has 9 heteroatoms. The molecule has 0 aromatic carbocycles. The number of hydrogen-bond donors (Lipinski definition) is 0. The van der Waals surface area contributed by atoms with Crippen LogP contribution in [0.1, 0.15) is 47.5 Å². The number of phosphoric ester groups is 1. The number of phosphoric acid groups is 1. The highest BCUT2D eigenvalue weighted by Gasteiger charge is 2.49. The molecule has 2 aliphatic rings. The first kappa shape index (κ1) is 22.7. The van der Waals surface area contributed by atoms with Crippen LogP contribution in [0.5, 0.6) is 0 Å². The van der Waals surface area contributed by atoms with E-state index in [4.69, 9.17) is 23.0 Å². The summed E-state index contributed by atoms with van der Waals surface area (Å²) in [6.07, 6.45) is 3.30. The SMILES string of the molecule is CCOC(=O)C1=C(OP(=O)(OCC)OCC)CCC(C)(C)C1C1C=CC(=O)O1. The molecule has 0 spiro atoms. The highest BCUT2D eigenvalue weighted by atomic mass is 31.2. The second kappa shape index (κ2) is 9.25. The molecule has 8 nitrogen and oxygen atoms in total. The lowest BCUT2D eigenvalue weighted by Gasteiger charge is -2.42. The van der Waals surface area contributed by atoms with E-state index in [1.165, 1.54) is 6.08 Å². The van der Waals surface area contributed by atoms with E-state index in [0.29, 0.717) is 12.8 Å². The molecule has 0 aromatic heterocycles. The Morgan fingerprint density at radius 2 is 1.86 bits per heavy atom. The summed E-state index contributed by atoms with van der Waals surface area (Å²) in [5.74, 6) is -1.38. The second-order valence-electron chi connectivity index (χ2n) is 7.16. The Bertz CT molecular complexity index is 699. The van der Waals surface area contributed by atoms with E-state index in [2.05, 4.69) is 0 Å². The minimum atomic E-state index is -3.89. The van der Waals surface area contributed by atoms with Gasteiger partial charge >= 0.3 is 19.8 Å². The van der Waals surface area contributed by atoms with E-state index in [1.807, 2.05) is 13.8 Å². The lowest BCUT2D eigenvalue weighted by atomic mass is 9.65. The largest absolute Gasteiger partial charge is 0.529 e. The van der Waals surface area contributed by atoms with Crippen LogP contribution in [0.2, 0.25) is 0 Å². The van der Waals surface area contributed by atoms with Crippen LogP contribution in [0.4, 0.5) is 0 Å². The topological polar surface area (TPSA) is 97.4 Å². The summed E-state index contributed by atoms with van der Waals surface area (Å²) < 4.78 is 39.6. The lowest BCUT2D eigenvalue weighted by molar-refractivity contribution is -0.146. The van der Waals surface area contributed by atoms with Gasteiger partial charge in [0, 0.05) is 18.4 Å². The molecule has 0 aromatic rings. The van der Waals surface area contributed by atoms with Crippen LogP contribution in [0.15, 0.2) is 23.5 Å².